The second-order valence-corrected chi connectivity index (χ2v) is 7.73. The number of amides is 1. The van der Waals surface area contributed by atoms with Gasteiger partial charge in [-0.15, -0.1) is 0 Å². The van der Waals surface area contributed by atoms with Gasteiger partial charge in [0.15, 0.2) is 0 Å². The van der Waals surface area contributed by atoms with Gasteiger partial charge in [0, 0.05) is 5.70 Å². The lowest BCUT2D eigenvalue weighted by molar-refractivity contribution is -0.113. The molecule has 1 amide bonds. The van der Waals surface area contributed by atoms with Gasteiger partial charge in [-0.1, -0.05) is 18.2 Å². The smallest absolute Gasteiger partial charge is 0.255 e. The summed E-state index contributed by atoms with van der Waals surface area (Å²) >= 11 is 3.54. The Morgan fingerprint density at radius 1 is 1.26 bits per heavy atom. The molecule has 0 saturated carbocycles. The van der Waals surface area contributed by atoms with Crippen molar-refractivity contribution in [1.29, 1.82) is 0 Å². The van der Waals surface area contributed by atoms with Crippen LogP contribution in [0.4, 0.5) is 11.6 Å². The largest absolute Gasteiger partial charge is 0.496 e. The molecule has 0 bridgehead atoms. The monoisotopic (exact) mass is 483 g/mol. The summed E-state index contributed by atoms with van der Waals surface area (Å²) in [5.74, 6) is 1.63. The van der Waals surface area contributed by atoms with Crippen LogP contribution in [0.25, 0.3) is 0 Å². The molecule has 2 heterocycles. The number of fused-ring (bicyclic) bond motifs is 1. The van der Waals surface area contributed by atoms with Crippen LogP contribution in [0.3, 0.4) is 0 Å². The molecule has 1 unspecified atom stereocenters. The number of ether oxygens (including phenoxy) is 2. The Kier molecular flexibility index (Phi) is 5.94. The van der Waals surface area contributed by atoms with Gasteiger partial charge in [-0.25, -0.2) is 4.68 Å². The lowest BCUT2D eigenvalue weighted by atomic mass is 9.95. The van der Waals surface area contributed by atoms with Crippen LogP contribution in [0, 0.1) is 0 Å². The van der Waals surface area contributed by atoms with E-state index in [-0.39, 0.29) is 5.91 Å². The summed E-state index contributed by atoms with van der Waals surface area (Å²) < 4.78 is 13.5. The summed E-state index contributed by atoms with van der Waals surface area (Å²) in [6.45, 7) is 4.26. The van der Waals surface area contributed by atoms with Crippen molar-refractivity contribution in [2.75, 3.05) is 24.4 Å². The Morgan fingerprint density at radius 3 is 2.81 bits per heavy atom. The van der Waals surface area contributed by atoms with Crippen LogP contribution in [0.1, 0.15) is 25.5 Å². The van der Waals surface area contributed by atoms with Crippen molar-refractivity contribution in [3.63, 3.8) is 0 Å². The number of nitrogens with zero attached hydrogens (tertiary/aromatic N) is 3. The molecule has 1 atom stereocenters. The number of benzene rings is 2. The predicted molar refractivity (Wildman–Crippen MR) is 121 cm³/mol. The van der Waals surface area contributed by atoms with Crippen molar-refractivity contribution in [3.05, 3.63) is 70.1 Å². The average Bonchev–Trinajstić information content (AvgIpc) is 3.22. The minimum Gasteiger partial charge on any atom is -0.496 e. The fraction of sp³-hybridized carbons (Fsp3) is 0.227. The molecular formula is C22H22BrN5O3. The van der Waals surface area contributed by atoms with Crippen LogP contribution in [0.15, 0.2) is 64.5 Å². The number of hydrogen-bond donors (Lipinski definition) is 2. The number of rotatable bonds is 6. The molecule has 1 aromatic heterocycles. The quantitative estimate of drug-likeness (QED) is 0.540. The van der Waals surface area contributed by atoms with Gasteiger partial charge >= 0.3 is 0 Å². The molecule has 0 spiro atoms. The molecule has 3 aromatic rings. The number of para-hydroxylation sites is 2. The molecule has 4 rings (SSSR count). The second-order valence-electron chi connectivity index (χ2n) is 6.87. The molecule has 8 nitrogen and oxygen atoms in total. The van der Waals surface area contributed by atoms with E-state index in [4.69, 9.17) is 9.47 Å². The molecular weight excluding hydrogens is 462 g/mol. The van der Waals surface area contributed by atoms with Gasteiger partial charge in [-0.3, -0.25) is 4.79 Å². The van der Waals surface area contributed by atoms with Gasteiger partial charge in [-0.2, -0.15) is 10.1 Å². The Balaban J connectivity index is 1.76. The fourth-order valence-electron chi connectivity index (χ4n) is 3.59. The van der Waals surface area contributed by atoms with E-state index in [0.29, 0.717) is 41.0 Å². The molecule has 0 fully saturated rings. The van der Waals surface area contributed by atoms with Crippen molar-refractivity contribution >= 4 is 33.5 Å². The van der Waals surface area contributed by atoms with Gasteiger partial charge in [-0.05, 0) is 59.6 Å². The summed E-state index contributed by atoms with van der Waals surface area (Å²) in [7, 11) is 1.61. The Morgan fingerprint density at radius 2 is 2.06 bits per heavy atom. The number of nitrogens with one attached hydrogen (secondary N) is 2. The van der Waals surface area contributed by atoms with E-state index in [0.717, 1.165) is 10.0 Å². The van der Waals surface area contributed by atoms with Crippen molar-refractivity contribution in [2.45, 2.75) is 19.9 Å². The third-order valence-corrected chi connectivity index (χ3v) is 5.59. The third-order valence-electron chi connectivity index (χ3n) is 4.97. The minimum atomic E-state index is -0.472. The minimum absolute atomic E-state index is 0.254. The van der Waals surface area contributed by atoms with Crippen LogP contribution in [0.2, 0.25) is 0 Å². The highest BCUT2D eigenvalue weighted by Crippen LogP contribution is 2.38. The molecule has 1 aliphatic heterocycles. The number of carbonyl (C=O) groups excluding carboxylic acids is 1. The standard InChI is InChI=1S/C22H22BrN5O3/c1-4-31-18-8-6-5-7-16(18)27-21(29)19-13(2)26-22-24-12-25-28(22)20(19)14-9-10-17(30-3)15(23)11-14/h5-12,20H,4H2,1-3H3,(H,27,29)(H,24,25,26). The topological polar surface area (TPSA) is 90.3 Å². The number of anilines is 2. The first-order chi connectivity index (χ1) is 15.0. The highest BCUT2D eigenvalue weighted by Gasteiger charge is 2.34. The summed E-state index contributed by atoms with van der Waals surface area (Å²) in [6, 6.07) is 12.6. The molecule has 2 N–H and O–H groups in total. The molecule has 0 saturated heterocycles. The maximum atomic E-state index is 13.5. The highest BCUT2D eigenvalue weighted by atomic mass is 79.9. The summed E-state index contributed by atoms with van der Waals surface area (Å²) in [5.41, 5.74) is 2.70. The molecule has 31 heavy (non-hydrogen) atoms. The van der Waals surface area contributed by atoms with E-state index >= 15 is 0 Å². The van der Waals surface area contributed by atoms with Crippen LogP contribution in [0.5, 0.6) is 11.5 Å². The molecule has 160 valence electrons. The fourth-order valence-corrected chi connectivity index (χ4v) is 4.15. The maximum absolute atomic E-state index is 13.5. The number of aromatic nitrogens is 3. The molecule has 2 aromatic carbocycles. The van der Waals surface area contributed by atoms with Crippen LogP contribution in [-0.2, 0) is 4.79 Å². The SMILES string of the molecule is CCOc1ccccc1NC(=O)C1=C(C)Nc2ncnn2C1c1ccc(OC)c(Br)c1. The first-order valence-corrected chi connectivity index (χ1v) is 10.6. The highest BCUT2D eigenvalue weighted by molar-refractivity contribution is 9.10. The van der Waals surface area contributed by atoms with Gasteiger partial charge in [0.25, 0.3) is 5.91 Å². The number of halogens is 1. The lowest BCUT2D eigenvalue weighted by Crippen LogP contribution is -2.31. The first kappa shape index (κ1) is 20.9. The normalized spacial score (nSPS) is 15.2. The predicted octanol–water partition coefficient (Wildman–Crippen LogP) is 4.38. The number of carbonyl (C=O) groups is 1. The second kappa shape index (κ2) is 8.81. The van der Waals surface area contributed by atoms with E-state index < -0.39 is 6.04 Å². The Hall–Kier alpha value is -3.33. The summed E-state index contributed by atoms with van der Waals surface area (Å²) in [4.78, 5) is 17.8. The molecule has 0 radical (unpaired) electrons. The van der Waals surface area contributed by atoms with E-state index in [1.54, 1.807) is 11.8 Å². The van der Waals surface area contributed by atoms with E-state index in [1.807, 2.05) is 56.3 Å². The van der Waals surface area contributed by atoms with Crippen molar-refractivity contribution in [1.82, 2.24) is 14.8 Å². The molecule has 1 aliphatic rings. The Bertz CT molecular complexity index is 1160. The summed E-state index contributed by atoms with van der Waals surface area (Å²) in [5, 5.41) is 10.5. The van der Waals surface area contributed by atoms with E-state index in [1.165, 1.54) is 6.33 Å². The van der Waals surface area contributed by atoms with Crippen LogP contribution >= 0.6 is 15.9 Å². The average molecular weight is 484 g/mol. The van der Waals surface area contributed by atoms with Crippen molar-refractivity contribution in [3.8, 4) is 11.5 Å². The zero-order valence-electron chi connectivity index (χ0n) is 17.3. The van der Waals surface area contributed by atoms with Crippen LogP contribution < -0.4 is 20.1 Å². The maximum Gasteiger partial charge on any atom is 0.255 e. The molecule has 0 aliphatic carbocycles. The zero-order chi connectivity index (χ0) is 22.0. The van der Waals surface area contributed by atoms with Gasteiger partial charge in [0.05, 0.1) is 29.4 Å². The Labute approximate surface area is 188 Å². The van der Waals surface area contributed by atoms with Gasteiger partial charge in [0.2, 0.25) is 5.95 Å². The van der Waals surface area contributed by atoms with Crippen molar-refractivity contribution in [2.24, 2.45) is 0 Å². The lowest BCUT2D eigenvalue weighted by Gasteiger charge is -2.29. The van der Waals surface area contributed by atoms with E-state index in [2.05, 4.69) is 36.6 Å². The van der Waals surface area contributed by atoms with Crippen molar-refractivity contribution < 1.29 is 14.3 Å². The number of allylic oxidation sites excluding steroid dienone is 1. The zero-order valence-corrected chi connectivity index (χ0v) is 18.9. The van der Waals surface area contributed by atoms with Gasteiger partial charge in [0.1, 0.15) is 23.9 Å². The molecule has 9 heteroatoms. The van der Waals surface area contributed by atoms with E-state index in [9.17, 15) is 4.79 Å². The van der Waals surface area contributed by atoms with Gasteiger partial charge < -0.3 is 20.1 Å². The number of hydrogen-bond acceptors (Lipinski definition) is 6. The summed E-state index contributed by atoms with van der Waals surface area (Å²) in [6.07, 6.45) is 1.46. The number of methoxy groups -OCH3 is 1. The first-order valence-electron chi connectivity index (χ1n) is 9.77. The third kappa shape index (κ3) is 4.00. The van der Waals surface area contributed by atoms with Crippen LogP contribution in [-0.4, -0.2) is 34.4 Å².